The van der Waals surface area contributed by atoms with Crippen molar-refractivity contribution in [2.75, 3.05) is 23.8 Å². The summed E-state index contributed by atoms with van der Waals surface area (Å²) >= 11 is 0. The van der Waals surface area contributed by atoms with Crippen molar-refractivity contribution in [3.63, 3.8) is 0 Å². The summed E-state index contributed by atoms with van der Waals surface area (Å²) in [5.74, 6) is -0.195. The molecule has 2 amide bonds. The Labute approximate surface area is 119 Å². The van der Waals surface area contributed by atoms with Crippen molar-refractivity contribution < 1.29 is 14.3 Å². The Morgan fingerprint density at radius 3 is 2.20 bits per heavy atom. The molecule has 0 saturated heterocycles. The third-order valence-corrected chi connectivity index (χ3v) is 2.60. The van der Waals surface area contributed by atoms with Gasteiger partial charge in [0.15, 0.2) is 0 Å². The second kappa shape index (κ2) is 9.09. The summed E-state index contributed by atoms with van der Waals surface area (Å²) in [7, 11) is 0. The summed E-state index contributed by atoms with van der Waals surface area (Å²) in [5.41, 5.74) is 1.41. The summed E-state index contributed by atoms with van der Waals surface area (Å²) in [6, 6.07) is 6.99. The average Bonchev–Trinajstić information content (AvgIpc) is 2.40. The highest BCUT2D eigenvalue weighted by Gasteiger charge is 2.03. The lowest BCUT2D eigenvalue weighted by Gasteiger charge is -2.07. The number of amides is 2. The van der Waals surface area contributed by atoms with Crippen molar-refractivity contribution >= 4 is 23.2 Å². The van der Waals surface area contributed by atoms with Crippen molar-refractivity contribution in [3.05, 3.63) is 24.3 Å². The van der Waals surface area contributed by atoms with Crippen LogP contribution in [0.3, 0.4) is 0 Å². The first-order valence-corrected chi connectivity index (χ1v) is 6.87. The predicted octanol–water partition coefficient (Wildman–Crippen LogP) is 2.79. The number of carbonyl (C=O) groups excluding carboxylic acids is 2. The Morgan fingerprint density at radius 1 is 1.05 bits per heavy atom. The maximum atomic E-state index is 11.6. The Bertz CT molecular complexity index is 429. The molecule has 0 saturated carbocycles. The Balaban J connectivity index is 2.29. The van der Waals surface area contributed by atoms with Crippen molar-refractivity contribution in [1.29, 1.82) is 0 Å². The van der Waals surface area contributed by atoms with E-state index in [-0.39, 0.29) is 11.8 Å². The van der Waals surface area contributed by atoms with E-state index in [0.717, 1.165) is 12.8 Å². The summed E-state index contributed by atoms with van der Waals surface area (Å²) in [6.07, 6.45) is 2.45. The van der Waals surface area contributed by atoms with Gasteiger partial charge in [-0.1, -0.05) is 13.3 Å². The molecule has 0 aliphatic rings. The van der Waals surface area contributed by atoms with Crippen LogP contribution in [0.1, 0.15) is 33.1 Å². The molecule has 0 spiro atoms. The molecule has 0 aliphatic carbocycles. The molecule has 1 aromatic carbocycles. The van der Waals surface area contributed by atoms with Crippen LogP contribution in [0, 0.1) is 0 Å². The lowest BCUT2D eigenvalue weighted by atomic mass is 10.2. The van der Waals surface area contributed by atoms with Crippen LogP contribution in [0.5, 0.6) is 0 Å². The zero-order valence-electron chi connectivity index (χ0n) is 12.1. The number of hydrogen-bond acceptors (Lipinski definition) is 3. The molecule has 0 radical (unpaired) electrons. The van der Waals surface area contributed by atoms with Gasteiger partial charge in [-0.15, -0.1) is 0 Å². The van der Waals surface area contributed by atoms with Gasteiger partial charge in [0, 0.05) is 24.9 Å². The molecular weight excluding hydrogens is 256 g/mol. The van der Waals surface area contributed by atoms with E-state index in [1.54, 1.807) is 24.3 Å². The van der Waals surface area contributed by atoms with Gasteiger partial charge in [-0.3, -0.25) is 9.59 Å². The molecule has 2 N–H and O–H groups in total. The van der Waals surface area contributed by atoms with Crippen LogP contribution in [-0.2, 0) is 14.3 Å². The number of unbranched alkanes of at least 4 members (excludes halogenated alkanes) is 1. The fourth-order valence-corrected chi connectivity index (χ4v) is 1.58. The first kappa shape index (κ1) is 16.2. The standard InChI is InChI=1S/C15H22N2O3/c1-3-4-10-20-11-9-15(19)17-14-7-5-13(6-8-14)16-12(2)18/h5-8H,3-4,9-11H2,1-2H3,(H,16,18)(H,17,19). The Kier molecular flexibility index (Phi) is 7.35. The van der Waals surface area contributed by atoms with E-state index in [2.05, 4.69) is 17.6 Å². The quantitative estimate of drug-likeness (QED) is 0.718. The van der Waals surface area contributed by atoms with E-state index in [1.807, 2.05) is 0 Å². The molecular formula is C15H22N2O3. The topological polar surface area (TPSA) is 67.4 Å². The molecule has 0 heterocycles. The summed E-state index contributed by atoms with van der Waals surface area (Å²) in [5, 5.41) is 5.45. The highest BCUT2D eigenvalue weighted by molar-refractivity contribution is 5.92. The van der Waals surface area contributed by atoms with Crippen molar-refractivity contribution in [2.45, 2.75) is 33.1 Å². The number of hydrogen-bond donors (Lipinski definition) is 2. The van der Waals surface area contributed by atoms with Crippen molar-refractivity contribution in [2.24, 2.45) is 0 Å². The molecule has 110 valence electrons. The van der Waals surface area contributed by atoms with Crippen molar-refractivity contribution in [1.82, 2.24) is 0 Å². The highest BCUT2D eigenvalue weighted by atomic mass is 16.5. The predicted molar refractivity (Wildman–Crippen MR) is 79.7 cm³/mol. The first-order chi connectivity index (χ1) is 9.61. The first-order valence-electron chi connectivity index (χ1n) is 6.87. The SMILES string of the molecule is CCCCOCCC(=O)Nc1ccc(NC(C)=O)cc1. The largest absolute Gasteiger partial charge is 0.381 e. The molecule has 0 aliphatic heterocycles. The van der Waals surface area contributed by atoms with Gasteiger partial charge >= 0.3 is 0 Å². The maximum Gasteiger partial charge on any atom is 0.226 e. The van der Waals surface area contributed by atoms with Gasteiger partial charge in [-0.2, -0.15) is 0 Å². The lowest BCUT2D eigenvalue weighted by Crippen LogP contribution is -2.14. The van der Waals surface area contributed by atoms with Gasteiger partial charge in [0.25, 0.3) is 0 Å². The minimum atomic E-state index is -0.119. The number of rotatable bonds is 8. The number of benzene rings is 1. The second-order valence-corrected chi connectivity index (χ2v) is 4.52. The van der Waals surface area contributed by atoms with Gasteiger partial charge in [-0.05, 0) is 30.7 Å². The summed E-state index contributed by atoms with van der Waals surface area (Å²) in [6.45, 7) is 4.69. The summed E-state index contributed by atoms with van der Waals surface area (Å²) < 4.78 is 5.34. The van der Waals surface area contributed by atoms with Crippen LogP contribution in [0.4, 0.5) is 11.4 Å². The zero-order chi connectivity index (χ0) is 14.8. The minimum Gasteiger partial charge on any atom is -0.381 e. The Morgan fingerprint density at radius 2 is 1.65 bits per heavy atom. The van der Waals surface area contributed by atoms with Crippen LogP contribution in [0.2, 0.25) is 0 Å². The van der Waals surface area contributed by atoms with Crippen molar-refractivity contribution in [3.8, 4) is 0 Å². The van der Waals surface area contributed by atoms with E-state index < -0.39 is 0 Å². The molecule has 0 atom stereocenters. The zero-order valence-corrected chi connectivity index (χ0v) is 12.1. The Hall–Kier alpha value is -1.88. The number of ether oxygens (including phenoxy) is 1. The van der Waals surface area contributed by atoms with Gasteiger partial charge in [0.2, 0.25) is 11.8 Å². The molecule has 5 nitrogen and oxygen atoms in total. The third-order valence-electron chi connectivity index (χ3n) is 2.60. The van der Waals surface area contributed by atoms with Crippen LogP contribution in [0.25, 0.3) is 0 Å². The van der Waals surface area contributed by atoms with Gasteiger partial charge in [0.05, 0.1) is 13.0 Å². The second-order valence-electron chi connectivity index (χ2n) is 4.52. The van der Waals surface area contributed by atoms with E-state index in [9.17, 15) is 9.59 Å². The monoisotopic (exact) mass is 278 g/mol. The molecule has 5 heteroatoms. The third kappa shape index (κ3) is 6.89. The molecule has 0 aromatic heterocycles. The highest BCUT2D eigenvalue weighted by Crippen LogP contribution is 2.13. The van der Waals surface area contributed by atoms with E-state index in [0.29, 0.717) is 31.0 Å². The molecule has 0 unspecified atom stereocenters. The smallest absolute Gasteiger partial charge is 0.226 e. The van der Waals surface area contributed by atoms with E-state index >= 15 is 0 Å². The fraction of sp³-hybridized carbons (Fsp3) is 0.467. The van der Waals surface area contributed by atoms with E-state index in [1.165, 1.54) is 6.92 Å². The summed E-state index contributed by atoms with van der Waals surface area (Å²) in [4.78, 5) is 22.5. The normalized spacial score (nSPS) is 10.1. The van der Waals surface area contributed by atoms with Crippen LogP contribution >= 0.6 is 0 Å². The molecule has 20 heavy (non-hydrogen) atoms. The average molecular weight is 278 g/mol. The lowest BCUT2D eigenvalue weighted by molar-refractivity contribution is -0.117. The molecule has 1 aromatic rings. The van der Waals surface area contributed by atoms with Crippen LogP contribution < -0.4 is 10.6 Å². The van der Waals surface area contributed by atoms with Gasteiger partial charge in [-0.25, -0.2) is 0 Å². The van der Waals surface area contributed by atoms with Crippen LogP contribution in [-0.4, -0.2) is 25.0 Å². The molecule has 0 fully saturated rings. The minimum absolute atomic E-state index is 0.0752. The van der Waals surface area contributed by atoms with E-state index in [4.69, 9.17) is 4.74 Å². The number of carbonyl (C=O) groups is 2. The van der Waals surface area contributed by atoms with Gasteiger partial charge < -0.3 is 15.4 Å². The maximum absolute atomic E-state index is 11.6. The van der Waals surface area contributed by atoms with Gasteiger partial charge in [0.1, 0.15) is 0 Å². The number of nitrogens with one attached hydrogen (secondary N) is 2. The molecule has 1 rings (SSSR count). The molecule has 0 bridgehead atoms. The number of anilines is 2. The van der Waals surface area contributed by atoms with Crippen LogP contribution in [0.15, 0.2) is 24.3 Å². The fourth-order valence-electron chi connectivity index (χ4n) is 1.58.